The van der Waals surface area contributed by atoms with Crippen LogP contribution in [-0.4, -0.2) is 55.8 Å². The highest BCUT2D eigenvalue weighted by Crippen LogP contribution is 2.33. The summed E-state index contributed by atoms with van der Waals surface area (Å²) in [7, 11) is -1.75. The van der Waals surface area contributed by atoms with Gasteiger partial charge in [0.2, 0.25) is 5.91 Å². The number of methoxy groups -OCH3 is 1. The first kappa shape index (κ1) is 20.2. The number of nitrogens with zero attached hydrogens (tertiary/aromatic N) is 1. The van der Waals surface area contributed by atoms with Crippen LogP contribution < -0.4 is 10.1 Å². The summed E-state index contributed by atoms with van der Waals surface area (Å²) in [6.45, 7) is -0.0804. The van der Waals surface area contributed by atoms with Crippen LogP contribution in [-0.2, 0) is 19.4 Å². The second-order valence-electron chi connectivity index (χ2n) is 6.16. The van der Waals surface area contributed by atoms with Gasteiger partial charge in [-0.15, -0.1) is 0 Å². The summed E-state index contributed by atoms with van der Waals surface area (Å²) in [5.41, 5.74) is 0.669. The summed E-state index contributed by atoms with van der Waals surface area (Å²) in [5.74, 6) is -0.507. The van der Waals surface area contributed by atoms with Gasteiger partial charge >= 0.3 is 0 Å². The SMILES string of the molecule is COc1ccccc1/C=C1/SC(=O)N(CCC(=O)N[C@@H]2C=CS(=O)(=O)C2)C1=O. The summed E-state index contributed by atoms with van der Waals surface area (Å²) in [5, 5.41) is 3.17. The van der Waals surface area contributed by atoms with Gasteiger partial charge < -0.3 is 10.1 Å². The Labute approximate surface area is 166 Å². The normalized spacial score (nSPS) is 22.1. The minimum atomic E-state index is -3.27. The molecule has 1 saturated heterocycles. The molecule has 0 saturated carbocycles. The second-order valence-corrected chi connectivity index (χ2v) is 9.08. The largest absolute Gasteiger partial charge is 0.496 e. The van der Waals surface area contributed by atoms with Crippen LogP contribution in [0.3, 0.4) is 0 Å². The van der Waals surface area contributed by atoms with Crippen LogP contribution in [0.25, 0.3) is 6.08 Å². The molecule has 0 aromatic heterocycles. The van der Waals surface area contributed by atoms with Gasteiger partial charge in [-0.3, -0.25) is 19.3 Å². The molecule has 3 amide bonds. The van der Waals surface area contributed by atoms with Crippen molar-refractivity contribution in [2.75, 3.05) is 19.4 Å². The number of rotatable bonds is 6. The van der Waals surface area contributed by atoms with Crippen molar-refractivity contribution in [2.24, 2.45) is 0 Å². The smallest absolute Gasteiger partial charge is 0.293 e. The van der Waals surface area contributed by atoms with E-state index in [9.17, 15) is 22.8 Å². The maximum atomic E-state index is 12.5. The molecular weight excluding hydrogens is 404 g/mol. The summed E-state index contributed by atoms with van der Waals surface area (Å²) in [6, 6.07) is 6.52. The fourth-order valence-electron chi connectivity index (χ4n) is 2.78. The lowest BCUT2D eigenvalue weighted by Gasteiger charge is -2.14. The maximum absolute atomic E-state index is 12.5. The Hall–Kier alpha value is -2.59. The monoisotopic (exact) mass is 422 g/mol. The van der Waals surface area contributed by atoms with E-state index in [1.54, 1.807) is 30.3 Å². The standard InChI is InChI=1S/C18H18N2O6S2/c1-26-14-5-3-2-4-12(14)10-15-17(22)20(18(23)27-15)8-6-16(21)19-13-7-9-28(24,25)11-13/h2-5,7,9-10,13H,6,8,11H2,1H3,(H,19,21)/b15-10+/t13-/m1/s1. The van der Waals surface area contributed by atoms with E-state index >= 15 is 0 Å². The molecular formula is C18H18N2O6S2. The molecule has 3 rings (SSSR count). The predicted octanol–water partition coefficient (Wildman–Crippen LogP) is 1.55. The van der Waals surface area contributed by atoms with Gasteiger partial charge in [-0.2, -0.15) is 0 Å². The zero-order chi connectivity index (χ0) is 20.3. The molecule has 148 valence electrons. The van der Waals surface area contributed by atoms with E-state index in [-0.39, 0.29) is 23.6 Å². The molecule has 0 radical (unpaired) electrons. The summed E-state index contributed by atoms with van der Waals surface area (Å²) in [6.07, 6.45) is 2.88. The van der Waals surface area contributed by atoms with Gasteiger partial charge in [0.05, 0.1) is 23.8 Å². The third-order valence-corrected chi connectivity index (χ3v) is 6.44. The van der Waals surface area contributed by atoms with Crippen molar-refractivity contribution < 1.29 is 27.5 Å². The lowest BCUT2D eigenvalue weighted by Crippen LogP contribution is -2.38. The number of hydrogen-bond acceptors (Lipinski definition) is 7. The Morgan fingerprint density at radius 3 is 2.79 bits per heavy atom. The van der Waals surface area contributed by atoms with Crippen molar-refractivity contribution in [3.05, 3.63) is 46.2 Å². The van der Waals surface area contributed by atoms with Crippen LogP contribution in [0.5, 0.6) is 5.75 Å². The number of imide groups is 1. The van der Waals surface area contributed by atoms with Gasteiger partial charge in [-0.1, -0.05) is 18.2 Å². The molecule has 0 unspecified atom stereocenters. The van der Waals surface area contributed by atoms with E-state index in [2.05, 4.69) is 5.32 Å². The number of benzene rings is 1. The number of para-hydroxylation sites is 1. The number of carbonyl (C=O) groups is 3. The molecule has 1 N–H and O–H groups in total. The van der Waals surface area contributed by atoms with Crippen LogP contribution in [0.2, 0.25) is 0 Å². The van der Waals surface area contributed by atoms with Gasteiger partial charge in [0.1, 0.15) is 5.75 Å². The lowest BCUT2D eigenvalue weighted by molar-refractivity contribution is -0.124. The fraction of sp³-hybridized carbons (Fsp3) is 0.278. The van der Waals surface area contributed by atoms with Crippen molar-refractivity contribution >= 4 is 44.7 Å². The molecule has 0 spiro atoms. The molecule has 2 heterocycles. The number of nitrogens with one attached hydrogen (secondary N) is 1. The van der Waals surface area contributed by atoms with Gasteiger partial charge in [0.15, 0.2) is 9.84 Å². The molecule has 0 bridgehead atoms. The average molecular weight is 422 g/mol. The van der Waals surface area contributed by atoms with Gasteiger partial charge in [0.25, 0.3) is 11.1 Å². The highest BCUT2D eigenvalue weighted by atomic mass is 32.2. The van der Waals surface area contributed by atoms with E-state index < -0.39 is 32.9 Å². The number of sulfone groups is 1. The fourth-order valence-corrected chi connectivity index (χ4v) is 4.87. The zero-order valence-electron chi connectivity index (χ0n) is 15.0. The third-order valence-electron chi connectivity index (χ3n) is 4.14. The van der Waals surface area contributed by atoms with E-state index in [1.165, 1.54) is 13.2 Å². The molecule has 10 heteroatoms. The number of thioether (sulfide) groups is 1. The molecule has 8 nitrogen and oxygen atoms in total. The van der Waals surface area contributed by atoms with E-state index in [4.69, 9.17) is 4.74 Å². The maximum Gasteiger partial charge on any atom is 0.293 e. The molecule has 0 aliphatic carbocycles. The van der Waals surface area contributed by atoms with E-state index in [0.717, 1.165) is 22.1 Å². The minimum absolute atomic E-state index is 0.0804. The Morgan fingerprint density at radius 2 is 2.11 bits per heavy atom. The Balaban J connectivity index is 1.60. The number of carbonyl (C=O) groups excluding carboxylic acids is 3. The van der Waals surface area contributed by atoms with Crippen LogP contribution >= 0.6 is 11.8 Å². The van der Waals surface area contributed by atoms with Crippen LogP contribution in [0.1, 0.15) is 12.0 Å². The minimum Gasteiger partial charge on any atom is -0.496 e. The molecule has 1 atom stereocenters. The van der Waals surface area contributed by atoms with Crippen molar-refractivity contribution in [2.45, 2.75) is 12.5 Å². The molecule has 28 heavy (non-hydrogen) atoms. The molecule has 2 aliphatic rings. The first-order valence-electron chi connectivity index (χ1n) is 8.38. The van der Waals surface area contributed by atoms with Crippen molar-refractivity contribution in [3.63, 3.8) is 0 Å². The first-order valence-corrected chi connectivity index (χ1v) is 10.9. The van der Waals surface area contributed by atoms with Gasteiger partial charge in [-0.05, 0) is 30.0 Å². The first-order chi connectivity index (χ1) is 13.3. The Kier molecular flexibility index (Phi) is 5.90. The topological polar surface area (TPSA) is 110 Å². The van der Waals surface area contributed by atoms with Gasteiger partial charge in [0, 0.05) is 23.9 Å². The van der Waals surface area contributed by atoms with Crippen LogP contribution in [0.15, 0.2) is 40.7 Å². The van der Waals surface area contributed by atoms with Crippen LogP contribution in [0.4, 0.5) is 4.79 Å². The average Bonchev–Trinajstić information content (AvgIpc) is 3.12. The number of amides is 3. The van der Waals surface area contributed by atoms with Crippen molar-refractivity contribution in [1.29, 1.82) is 0 Å². The summed E-state index contributed by atoms with van der Waals surface area (Å²) >= 11 is 0.801. The van der Waals surface area contributed by atoms with Gasteiger partial charge in [-0.25, -0.2) is 8.42 Å². The Bertz CT molecular complexity index is 984. The molecule has 1 aromatic carbocycles. The number of ether oxygens (including phenoxy) is 1. The highest BCUT2D eigenvalue weighted by Gasteiger charge is 2.35. The quantitative estimate of drug-likeness (QED) is 0.693. The van der Waals surface area contributed by atoms with Crippen LogP contribution in [0, 0.1) is 0 Å². The lowest BCUT2D eigenvalue weighted by atomic mass is 10.2. The molecule has 1 fully saturated rings. The summed E-state index contributed by atoms with van der Waals surface area (Å²) < 4.78 is 27.9. The third kappa shape index (κ3) is 4.63. The van der Waals surface area contributed by atoms with E-state index in [1.807, 2.05) is 0 Å². The predicted molar refractivity (Wildman–Crippen MR) is 105 cm³/mol. The van der Waals surface area contributed by atoms with Crippen molar-refractivity contribution in [3.8, 4) is 5.75 Å². The molecule has 1 aromatic rings. The van der Waals surface area contributed by atoms with Crippen molar-refractivity contribution in [1.82, 2.24) is 10.2 Å². The molecule has 2 aliphatic heterocycles. The number of hydrogen-bond donors (Lipinski definition) is 1. The van der Waals surface area contributed by atoms with E-state index in [0.29, 0.717) is 11.3 Å². The Morgan fingerprint density at radius 1 is 1.36 bits per heavy atom. The highest BCUT2D eigenvalue weighted by molar-refractivity contribution is 8.18. The second kappa shape index (κ2) is 8.19. The zero-order valence-corrected chi connectivity index (χ0v) is 16.6. The summed E-state index contributed by atoms with van der Waals surface area (Å²) in [4.78, 5) is 37.9.